The zero-order valence-electron chi connectivity index (χ0n) is 10.0. The predicted octanol–water partition coefficient (Wildman–Crippen LogP) is 2.32. The van der Waals surface area contributed by atoms with Crippen molar-refractivity contribution >= 4 is 22.5 Å². The first-order valence-corrected chi connectivity index (χ1v) is 6.29. The van der Waals surface area contributed by atoms with E-state index in [-0.39, 0.29) is 11.6 Å². The van der Waals surface area contributed by atoms with Gasteiger partial charge < -0.3 is 4.74 Å². The van der Waals surface area contributed by atoms with Crippen LogP contribution in [-0.4, -0.2) is 22.8 Å². The second-order valence-corrected chi connectivity index (χ2v) is 5.03. The summed E-state index contributed by atoms with van der Waals surface area (Å²) < 4.78 is 6.97. The molecular weight excluding hydrogens is 252 g/mol. The first kappa shape index (κ1) is 11.7. The highest BCUT2D eigenvalue weighted by molar-refractivity contribution is 6.31. The average molecular weight is 265 g/mol. The number of nitrogens with zero attached hydrogens (tertiary/aromatic N) is 2. The lowest BCUT2D eigenvalue weighted by atomic mass is 10.1. The summed E-state index contributed by atoms with van der Waals surface area (Å²) in [6.45, 7) is 3.18. The molecule has 3 rings (SSSR count). The highest BCUT2D eigenvalue weighted by Crippen LogP contribution is 2.21. The van der Waals surface area contributed by atoms with Gasteiger partial charge in [0.25, 0.3) is 5.56 Å². The van der Waals surface area contributed by atoms with Crippen LogP contribution in [0.1, 0.15) is 18.0 Å². The monoisotopic (exact) mass is 264 g/mol. The van der Waals surface area contributed by atoms with E-state index in [1.807, 2.05) is 13.0 Å². The van der Waals surface area contributed by atoms with Gasteiger partial charge in [0.1, 0.15) is 0 Å². The number of halogens is 1. The highest BCUT2D eigenvalue weighted by Gasteiger charge is 2.20. The third kappa shape index (κ3) is 1.82. The minimum Gasteiger partial charge on any atom is -0.379 e. The van der Waals surface area contributed by atoms with E-state index in [9.17, 15) is 4.79 Å². The van der Waals surface area contributed by atoms with E-state index >= 15 is 0 Å². The van der Waals surface area contributed by atoms with Gasteiger partial charge in [-0.25, -0.2) is 4.98 Å². The molecule has 0 spiro atoms. The summed E-state index contributed by atoms with van der Waals surface area (Å²) >= 11 is 6.01. The summed E-state index contributed by atoms with van der Waals surface area (Å²) in [6, 6.07) is 3.60. The van der Waals surface area contributed by atoms with Gasteiger partial charge in [-0.1, -0.05) is 11.6 Å². The number of aromatic nitrogens is 2. The Morgan fingerprint density at radius 1 is 1.50 bits per heavy atom. The third-order valence-electron chi connectivity index (χ3n) is 3.34. The molecule has 1 aliphatic heterocycles. The smallest absolute Gasteiger partial charge is 0.261 e. The van der Waals surface area contributed by atoms with Crippen molar-refractivity contribution in [1.29, 1.82) is 0 Å². The van der Waals surface area contributed by atoms with E-state index in [0.717, 1.165) is 17.5 Å². The molecule has 5 heteroatoms. The van der Waals surface area contributed by atoms with E-state index in [1.54, 1.807) is 17.0 Å². The van der Waals surface area contributed by atoms with Crippen molar-refractivity contribution in [3.05, 3.63) is 39.4 Å². The molecule has 4 nitrogen and oxygen atoms in total. The molecule has 0 unspecified atom stereocenters. The Labute approximate surface area is 109 Å². The SMILES string of the molecule is Cc1cc(Cl)cc2c(=O)n([C@@H]3CCOC3)cnc12. The number of benzene rings is 1. The lowest BCUT2D eigenvalue weighted by Gasteiger charge is -2.12. The van der Waals surface area contributed by atoms with Crippen LogP contribution >= 0.6 is 11.6 Å². The molecule has 1 aromatic heterocycles. The molecule has 2 aromatic rings. The van der Waals surface area contributed by atoms with Crippen LogP contribution in [0, 0.1) is 6.92 Å². The fourth-order valence-electron chi connectivity index (χ4n) is 2.38. The summed E-state index contributed by atoms with van der Waals surface area (Å²) in [4.78, 5) is 16.8. The molecular formula is C13H13ClN2O2. The van der Waals surface area contributed by atoms with Crippen LogP contribution in [0.4, 0.5) is 0 Å². The van der Waals surface area contributed by atoms with Crippen molar-refractivity contribution in [3.63, 3.8) is 0 Å². The topological polar surface area (TPSA) is 44.1 Å². The number of ether oxygens (including phenoxy) is 1. The molecule has 0 radical (unpaired) electrons. The summed E-state index contributed by atoms with van der Waals surface area (Å²) in [5.41, 5.74) is 1.60. The van der Waals surface area contributed by atoms with Gasteiger partial charge in [-0.05, 0) is 31.0 Å². The van der Waals surface area contributed by atoms with E-state index < -0.39 is 0 Å². The zero-order valence-corrected chi connectivity index (χ0v) is 10.8. The number of fused-ring (bicyclic) bond motifs is 1. The molecule has 0 N–H and O–H groups in total. The number of rotatable bonds is 1. The second-order valence-electron chi connectivity index (χ2n) is 4.59. The lowest BCUT2D eigenvalue weighted by molar-refractivity contribution is 0.186. The minimum absolute atomic E-state index is 0.0406. The van der Waals surface area contributed by atoms with Gasteiger partial charge in [0.15, 0.2) is 0 Å². The van der Waals surface area contributed by atoms with Crippen molar-refractivity contribution in [1.82, 2.24) is 9.55 Å². The molecule has 1 fully saturated rings. The lowest BCUT2D eigenvalue weighted by Crippen LogP contribution is -2.25. The maximum atomic E-state index is 12.4. The van der Waals surface area contributed by atoms with Crippen molar-refractivity contribution < 1.29 is 4.74 Å². The number of hydrogen-bond acceptors (Lipinski definition) is 3. The fourth-order valence-corrected chi connectivity index (χ4v) is 2.66. The Hall–Kier alpha value is -1.39. The average Bonchev–Trinajstić information content (AvgIpc) is 2.84. The molecule has 0 bridgehead atoms. The minimum atomic E-state index is -0.0406. The molecule has 1 atom stereocenters. The molecule has 1 aliphatic rings. The van der Waals surface area contributed by atoms with Gasteiger partial charge in [0.05, 0.1) is 29.9 Å². The van der Waals surface area contributed by atoms with Gasteiger partial charge in [-0.3, -0.25) is 9.36 Å². The molecule has 18 heavy (non-hydrogen) atoms. The van der Waals surface area contributed by atoms with Gasteiger partial charge in [-0.2, -0.15) is 0 Å². The van der Waals surface area contributed by atoms with Crippen LogP contribution in [-0.2, 0) is 4.74 Å². The fraction of sp³-hybridized carbons (Fsp3) is 0.385. The highest BCUT2D eigenvalue weighted by atomic mass is 35.5. The van der Waals surface area contributed by atoms with Crippen LogP contribution in [0.2, 0.25) is 5.02 Å². The van der Waals surface area contributed by atoms with Crippen molar-refractivity contribution in [3.8, 4) is 0 Å². The van der Waals surface area contributed by atoms with Crippen LogP contribution in [0.15, 0.2) is 23.3 Å². The van der Waals surface area contributed by atoms with Crippen LogP contribution in [0.3, 0.4) is 0 Å². The van der Waals surface area contributed by atoms with Gasteiger partial charge in [-0.15, -0.1) is 0 Å². The summed E-state index contributed by atoms with van der Waals surface area (Å²) in [6.07, 6.45) is 2.47. The maximum absolute atomic E-state index is 12.4. The largest absolute Gasteiger partial charge is 0.379 e. The summed E-state index contributed by atoms with van der Waals surface area (Å²) in [5, 5.41) is 1.15. The number of aryl methyl sites for hydroxylation is 1. The molecule has 0 saturated carbocycles. The van der Waals surface area contributed by atoms with Crippen LogP contribution in [0.25, 0.3) is 10.9 Å². The number of hydrogen-bond donors (Lipinski definition) is 0. The van der Waals surface area contributed by atoms with Crippen molar-refractivity contribution in [2.24, 2.45) is 0 Å². The van der Waals surface area contributed by atoms with Gasteiger partial charge in [0, 0.05) is 11.6 Å². The Morgan fingerprint density at radius 2 is 2.33 bits per heavy atom. The van der Waals surface area contributed by atoms with Crippen LogP contribution in [0.5, 0.6) is 0 Å². The van der Waals surface area contributed by atoms with Gasteiger partial charge in [0.2, 0.25) is 0 Å². The summed E-state index contributed by atoms with van der Waals surface area (Å²) in [5.74, 6) is 0. The quantitative estimate of drug-likeness (QED) is 0.794. The first-order chi connectivity index (χ1) is 8.66. The van der Waals surface area contributed by atoms with E-state index in [0.29, 0.717) is 23.6 Å². The molecule has 94 valence electrons. The molecule has 2 heterocycles. The zero-order chi connectivity index (χ0) is 12.7. The summed E-state index contributed by atoms with van der Waals surface area (Å²) in [7, 11) is 0. The second kappa shape index (κ2) is 4.37. The molecule has 0 amide bonds. The third-order valence-corrected chi connectivity index (χ3v) is 3.56. The standard InChI is InChI=1S/C13H13ClN2O2/c1-8-4-9(14)5-11-12(8)15-7-16(13(11)17)10-2-3-18-6-10/h4-5,7,10H,2-3,6H2,1H3/t10-/m1/s1. The van der Waals surface area contributed by atoms with E-state index in [1.165, 1.54) is 0 Å². The van der Waals surface area contributed by atoms with Crippen molar-refractivity contribution in [2.75, 3.05) is 13.2 Å². The first-order valence-electron chi connectivity index (χ1n) is 5.91. The Bertz CT molecular complexity index is 660. The van der Waals surface area contributed by atoms with E-state index in [4.69, 9.17) is 16.3 Å². The molecule has 0 aliphatic carbocycles. The van der Waals surface area contributed by atoms with Gasteiger partial charge >= 0.3 is 0 Å². The molecule has 1 aromatic carbocycles. The van der Waals surface area contributed by atoms with E-state index in [2.05, 4.69) is 4.98 Å². The normalized spacial score (nSPS) is 19.6. The Balaban J connectivity index is 2.25. The molecule has 1 saturated heterocycles. The predicted molar refractivity (Wildman–Crippen MR) is 70.2 cm³/mol. The van der Waals surface area contributed by atoms with Crippen molar-refractivity contribution in [2.45, 2.75) is 19.4 Å². The Morgan fingerprint density at radius 3 is 3.06 bits per heavy atom. The Kier molecular flexibility index (Phi) is 2.84. The maximum Gasteiger partial charge on any atom is 0.261 e. The van der Waals surface area contributed by atoms with Crippen LogP contribution < -0.4 is 5.56 Å².